The van der Waals surface area contributed by atoms with E-state index in [2.05, 4.69) is 10.2 Å². The van der Waals surface area contributed by atoms with Gasteiger partial charge in [-0.05, 0) is 44.8 Å². The summed E-state index contributed by atoms with van der Waals surface area (Å²) < 4.78 is 36.8. The summed E-state index contributed by atoms with van der Waals surface area (Å²) >= 11 is 0. The molecule has 112 valence electrons. The highest BCUT2D eigenvalue weighted by molar-refractivity contribution is 4.76. The van der Waals surface area contributed by atoms with Crippen LogP contribution in [0.1, 0.15) is 19.3 Å². The van der Waals surface area contributed by atoms with Crippen LogP contribution in [0.3, 0.4) is 0 Å². The zero-order valence-electron chi connectivity index (χ0n) is 11.4. The first-order valence-electron chi connectivity index (χ1n) is 7.25. The second-order valence-electron chi connectivity index (χ2n) is 5.72. The summed E-state index contributed by atoms with van der Waals surface area (Å²) in [6.45, 7) is 5.17. The molecule has 0 spiro atoms. The van der Waals surface area contributed by atoms with Gasteiger partial charge in [-0.1, -0.05) is 0 Å². The van der Waals surface area contributed by atoms with E-state index in [0.29, 0.717) is 13.1 Å². The summed E-state index contributed by atoms with van der Waals surface area (Å²) in [5.74, 6) is 0.800. The first kappa shape index (κ1) is 15.1. The average Bonchev–Trinajstić information content (AvgIpc) is 2.37. The van der Waals surface area contributed by atoms with Crippen LogP contribution >= 0.6 is 0 Å². The van der Waals surface area contributed by atoms with Gasteiger partial charge in [0, 0.05) is 26.2 Å². The van der Waals surface area contributed by atoms with Gasteiger partial charge >= 0.3 is 6.18 Å². The SMILES string of the molecule is FC(F)(F)CN1CCN(CCC2CCNCC2)CC1. The van der Waals surface area contributed by atoms with Gasteiger partial charge < -0.3 is 10.2 Å². The first-order valence-corrected chi connectivity index (χ1v) is 7.25. The zero-order chi connectivity index (χ0) is 13.7. The molecular formula is C13H24F3N3. The molecule has 0 aromatic rings. The van der Waals surface area contributed by atoms with Gasteiger partial charge in [-0.2, -0.15) is 13.2 Å². The molecule has 2 fully saturated rings. The van der Waals surface area contributed by atoms with Gasteiger partial charge in [0.1, 0.15) is 0 Å². The molecular weight excluding hydrogens is 255 g/mol. The summed E-state index contributed by atoms with van der Waals surface area (Å²) in [5.41, 5.74) is 0. The monoisotopic (exact) mass is 279 g/mol. The number of alkyl halides is 3. The molecule has 0 aromatic heterocycles. The van der Waals surface area contributed by atoms with Crippen molar-refractivity contribution >= 4 is 0 Å². The van der Waals surface area contributed by atoms with Gasteiger partial charge in [-0.25, -0.2) is 0 Å². The Bertz CT molecular complexity index is 256. The molecule has 0 saturated carbocycles. The summed E-state index contributed by atoms with van der Waals surface area (Å²) in [6.07, 6.45) is -0.375. The van der Waals surface area contributed by atoms with Gasteiger partial charge in [-0.3, -0.25) is 4.90 Å². The van der Waals surface area contributed by atoms with Crippen LogP contribution in [0, 0.1) is 5.92 Å². The van der Waals surface area contributed by atoms with Crippen LogP contribution in [0.5, 0.6) is 0 Å². The molecule has 19 heavy (non-hydrogen) atoms. The fourth-order valence-corrected chi connectivity index (χ4v) is 2.96. The Kier molecular flexibility index (Phi) is 5.47. The highest BCUT2D eigenvalue weighted by Crippen LogP contribution is 2.19. The third kappa shape index (κ3) is 5.67. The number of nitrogens with one attached hydrogen (secondary N) is 1. The lowest BCUT2D eigenvalue weighted by Crippen LogP contribution is -2.49. The molecule has 2 aliphatic heterocycles. The largest absolute Gasteiger partial charge is 0.401 e. The van der Waals surface area contributed by atoms with Crippen LogP contribution in [0.4, 0.5) is 13.2 Å². The highest BCUT2D eigenvalue weighted by Gasteiger charge is 2.32. The molecule has 2 heterocycles. The van der Waals surface area contributed by atoms with Crippen LogP contribution < -0.4 is 5.32 Å². The predicted molar refractivity (Wildman–Crippen MR) is 69.1 cm³/mol. The number of hydrogen-bond donors (Lipinski definition) is 1. The summed E-state index contributed by atoms with van der Waals surface area (Å²) in [7, 11) is 0. The van der Waals surface area contributed by atoms with Crippen molar-refractivity contribution in [1.29, 1.82) is 0 Å². The smallest absolute Gasteiger partial charge is 0.317 e. The van der Waals surface area contributed by atoms with E-state index in [1.807, 2.05) is 0 Å². The number of piperidine rings is 1. The van der Waals surface area contributed by atoms with Crippen molar-refractivity contribution in [2.45, 2.75) is 25.4 Å². The molecule has 3 nitrogen and oxygen atoms in total. The van der Waals surface area contributed by atoms with Gasteiger partial charge in [0.2, 0.25) is 0 Å². The normalized spacial score (nSPS) is 24.8. The maximum Gasteiger partial charge on any atom is 0.401 e. The van der Waals surface area contributed by atoms with E-state index in [-0.39, 0.29) is 0 Å². The first-order chi connectivity index (χ1) is 9.03. The van der Waals surface area contributed by atoms with Crippen molar-refractivity contribution in [3.05, 3.63) is 0 Å². The molecule has 2 rings (SSSR count). The Morgan fingerprint density at radius 3 is 2.11 bits per heavy atom. The van der Waals surface area contributed by atoms with Crippen molar-refractivity contribution in [1.82, 2.24) is 15.1 Å². The zero-order valence-corrected chi connectivity index (χ0v) is 11.4. The Hall–Kier alpha value is -0.330. The molecule has 0 atom stereocenters. The Morgan fingerprint density at radius 2 is 1.53 bits per heavy atom. The van der Waals surface area contributed by atoms with E-state index in [1.54, 1.807) is 0 Å². The van der Waals surface area contributed by atoms with Crippen molar-refractivity contribution in [3.8, 4) is 0 Å². The lowest BCUT2D eigenvalue weighted by molar-refractivity contribution is -0.149. The molecule has 0 radical (unpaired) electrons. The fourth-order valence-electron chi connectivity index (χ4n) is 2.96. The number of nitrogens with zero attached hydrogens (tertiary/aromatic N) is 2. The topological polar surface area (TPSA) is 18.5 Å². The third-order valence-electron chi connectivity index (χ3n) is 4.18. The van der Waals surface area contributed by atoms with Crippen molar-refractivity contribution in [3.63, 3.8) is 0 Å². The van der Waals surface area contributed by atoms with Crippen molar-refractivity contribution in [2.24, 2.45) is 5.92 Å². The minimum absolute atomic E-state index is 0.547. The second kappa shape index (κ2) is 6.90. The average molecular weight is 279 g/mol. The minimum atomic E-state index is -4.06. The van der Waals surface area contributed by atoms with E-state index in [1.165, 1.54) is 24.2 Å². The number of rotatable bonds is 4. The van der Waals surface area contributed by atoms with Crippen LogP contribution in [0.15, 0.2) is 0 Å². The molecule has 0 aliphatic carbocycles. The summed E-state index contributed by atoms with van der Waals surface area (Å²) in [6, 6.07) is 0. The van der Waals surface area contributed by atoms with Crippen LogP contribution in [-0.2, 0) is 0 Å². The Labute approximate surface area is 113 Å². The van der Waals surface area contributed by atoms with E-state index in [4.69, 9.17) is 0 Å². The van der Waals surface area contributed by atoms with E-state index in [9.17, 15) is 13.2 Å². The quantitative estimate of drug-likeness (QED) is 0.842. The molecule has 1 N–H and O–H groups in total. The van der Waals surface area contributed by atoms with E-state index >= 15 is 0 Å². The van der Waals surface area contributed by atoms with Gasteiger partial charge in [-0.15, -0.1) is 0 Å². The van der Waals surface area contributed by atoms with Gasteiger partial charge in [0.05, 0.1) is 6.54 Å². The fraction of sp³-hybridized carbons (Fsp3) is 1.00. The van der Waals surface area contributed by atoms with Gasteiger partial charge in [0.25, 0.3) is 0 Å². The Balaban J connectivity index is 1.60. The van der Waals surface area contributed by atoms with Crippen molar-refractivity contribution in [2.75, 3.05) is 52.4 Å². The number of hydrogen-bond acceptors (Lipinski definition) is 3. The molecule has 0 amide bonds. The number of halogens is 3. The molecule has 0 aromatic carbocycles. The molecule has 6 heteroatoms. The molecule has 0 unspecified atom stereocenters. The predicted octanol–water partition coefficient (Wildman–Crippen LogP) is 1.56. The Morgan fingerprint density at radius 1 is 0.947 bits per heavy atom. The van der Waals surface area contributed by atoms with Gasteiger partial charge in [0.15, 0.2) is 0 Å². The van der Waals surface area contributed by atoms with E-state index < -0.39 is 12.7 Å². The van der Waals surface area contributed by atoms with Crippen LogP contribution in [0.25, 0.3) is 0 Å². The lowest BCUT2D eigenvalue weighted by Gasteiger charge is -2.35. The lowest BCUT2D eigenvalue weighted by atomic mass is 9.94. The summed E-state index contributed by atoms with van der Waals surface area (Å²) in [4.78, 5) is 3.83. The number of piperazine rings is 1. The van der Waals surface area contributed by atoms with E-state index in [0.717, 1.165) is 38.6 Å². The standard InChI is InChI=1S/C13H24F3N3/c14-13(15,16)11-19-9-7-18(8-10-19)6-3-12-1-4-17-5-2-12/h12,17H,1-11H2. The maximum atomic E-state index is 12.3. The van der Waals surface area contributed by atoms with Crippen molar-refractivity contribution < 1.29 is 13.2 Å². The summed E-state index contributed by atoms with van der Waals surface area (Å²) in [5, 5.41) is 3.35. The molecule has 0 bridgehead atoms. The molecule has 2 aliphatic rings. The maximum absolute atomic E-state index is 12.3. The minimum Gasteiger partial charge on any atom is -0.317 e. The highest BCUT2D eigenvalue weighted by atomic mass is 19.4. The van der Waals surface area contributed by atoms with Crippen LogP contribution in [-0.4, -0.2) is 68.3 Å². The van der Waals surface area contributed by atoms with Crippen LogP contribution in [0.2, 0.25) is 0 Å². The third-order valence-corrected chi connectivity index (χ3v) is 4.18. The molecule has 2 saturated heterocycles. The second-order valence-corrected chi connectivity index (χ2v) is 5.72.